The Morgan fingerprint density at radius 1 is 1.38 bits per heavy atom. The minimum absolute atomic E-state index is 0.0748. The van der Waals surface area contributed by atoms with Crippen molar-refractivity contribution in [3.05, 3.63) is 12.0 Å². The van der Waals surface area contributed by atoms with Crippen LogP contribution in [-0.2, 0) is 19.6 Å². The normalized spacial score (nSPS) is 14.2. The second-order valence-corrected chi connectivity index (χ2v) is 7.89. The molecule has 0 saturated carbocycles. The summed E-state index contributed by atoms with van der Waals surface area (Å²) >= 11 is 0. The molecule has 1 aromatic heterocycles. The van der Waals surface area contributed by atoms with Gasteiger partial charge in [-0.2, -0.15) is 4.72 Å². The Morgan fingerprint density at radius 3 is 2.33 bits per heavy atom. The Bertz CT molecular complexity index is 599. The van der Waals surface area contributed by atoms with E-state index in [4.69, 9.17) is 4.74 Å². The van der Waals surface area contributed by atoms with Crippen LogP contribution in [0.3, 0.4) is 0 Å². The van der Waals surface area contributed by atoms with E-state index in [0.29, 0.717) is 5.82 Å². The van der Waals surface area contributed by atoms with E-state index in [1.807, 2.05) is 0 Å². The number of ether oxygens (including phenoxy) is 1. The highest BCUT2D eigenvalue weighted by Crippen LogP contribution is 2.15. The number of nitrogens with one attached hydrogen (secondary N) is 2. The zero-order chi connectivity index (χ0) is 16.4. The maximum atomic E-state index is 12.2. The van der Waals surface area contributed by atoms with Crippen LogP contribution >= 0.6 is 0 Å². The molecule has 1 atom stereocenters. The lowest BCUT2D eigenvalue weighted by Gasteiger charge is -2.26. The van der Waals surface area contributed by atoms with Crippen LogP contribution in [0.5, 0.6) is 0 Å². The largest absolute Gasteiger partial charge is 0.459 e. The van der Waals surface area contributed by atoms with E-state index in [1.54, 1.807) is 41.5 Å². The number of aromatic amines is 1. The molecule has 1 aromatic rings. The minimum Gasteiger partial charge on any atom is -0.459 e. The lowest BCUT2D eigenvalue weighted by atomic mass is 10.1. The molecule has 0 unspecified atom stereocenters. The molecule has 0 radical (unpaired) electrons. The smallest absolute Gasteiger partial charge is 0.324 e. The molecule has 1 rings (SSSR count). The molecule has 2 N–H and O–H groups in total. The molecule has 8 heteroatoms. The Kier molecular flexibility index (Phi) is 5.16. The van der Waals surface area contributed by atoms with Crippen LogP contribution in [0.25, 0.3) is 0 Å². The van der Waals surface area contributed by atoms with Crippen molar-refractivity contribution in [2.24, 2.45) is 5.92 Å². The van der Waals surface area contributed by atoms with Crippen molar-refractivity contribution in [2.75, 3.05) is 0 Å². The average Bonchev–Trinajstić information content (AvgIpc) is 2.70. The highest BCUT2D eigenvalue weighted by atomic mass is 32.2. The zero-order valence-corrected chi connectivity index (χ0v) is 14.0. The molecule has 0 aliphatic heterocycles. The van der Waals surface area contributed by atoms with Crippen LogP contribution in [0.15, 0.2) is 11.2 Å². The van der Waals surface area contributed by atoms with E-state index < -0.39 is 27.6 Å². The van der Waals surface area contributed by atoms with Crippen LogP contribution in [0.2, 0.25) is 0 Å². The topological polar surface area (TPSA) is 101 Å². The van der Waals surface area contributed by atoms with E-state index in [2.05, 4.69) is 14.7 Å². The van der Waals surface area contributed by atoms with Gasteiger partial charge in [-0.25, -0.2) is 13.4 Å². The Balaban J connectivity index is 2.96. The molecule has 0 fully saturated rings. The van der Waals surface area contributed by atoms with E-state index in [0.717, 1.165) is 0 Å². The number of carbonyl (C=O) groups excluding carboxylic acids is 1. The van der Waals surface area contributed by atoms with Gasteiger partial charge in [0.15, 0.2) is 5.03 Å². The van der Waals surface area contributed by atoms with Crippen LogP contribution in [-0.4, -0.2) is 36.0 Å². The third kappa shape index (κ3) is 5.13. The van der Waals surface area contributed by atoms with Gasteiger partial charge in [0.2, 0.25) is 0 Å². The number of esters is 1. The molecule has 1 heterocycles. The maximum absolute atomic E-state index is 12.2. The molecule has 7 nitrogen and oxygen atoms in total. The summed E-state index contributed by atoms with van der Waals surface area (Å²) in [4.78, 5) is 18.6. The second kappa shape index (κ2) is 6.15. The van der Waals surface area contributed by atoms with Crippen LogP contribution in [0.4, 0.5) is 0 Å². The van der Waals surface area contributed by atoms with Crippen molar-refractivity contribution in [1.82, 2.24) is 14.7 Å². The minimum atomic E-state index is -3.85. The van der Waals surface area contributed by atoms with Gasteiger partial charge in [-0.3, -0.25) is 4.79 Å². The van der Waals surface area contributed by atoms with Crippen molar-refractivity contribution >= 4 is 16.0 Å². The summed E-state index contributed by atoms with van der Waals surface area (Å²) in [5.41, 5.74) is -0.680. The number of imidazole rings is 1. The first kappa shape index (κ1) is 17.6. The monoisotopic (exact) mass is 317 g/mol. The van der Waals surface area contributed by atoms with Gasteiger partial charge in [0.1, 0.15) is 17.5 Å². The zero-order valence-electron chi connectivity index (χ0n) is 13.2. The Labute approximate surface area is 125 Å². The number of H-pyrrole nitrogens is 1. The molecule has 0 amide bonds. The van der Waals surface area contributed by atoms with Gasteiger partial charge in [-0.15, -0.1) is 0 Å². The molecular formula is C13H23N3O4S. The lowest BCUT2D eigenvalue weighted by molar-refractivity contribution is -0.158. The number of hydrogen-bond donors (Lipinski definition) is 2. The standard InChI is InChI=1S/C13H23N3O4S/c1-8(2)11(12(17)20-13(4,5)6)16-21(18,19)10-7-14-9(3)15-10/h7-8,11,16H,1-6H3,(H,14,15)/t11-/m1/s1. The quantitative estimate of drug-likeness (QED) is 0.799. The first-order valence-electron chi connectivity index (χ1n) is 6.69. The third-order valence-electron chi connectivity index (χ3n) is 2.58. The van der Waals surface area contributed by atoms with E-state index in [1.165, 1.54) is 6.20 Å². The van der Waals surface area contributed by atoms with Crippen LogP contribution in [0, 0.1) is 12.8 Å². The number of carbonyl (C=O) groups is 1. The summed E-state index contributed by atoms with van der Waals surface area (Å²) in [6.07, 6.45) is 1.21. The van der Waals surface area contributed by atoms with Crippen molar-refractivity contribution in [1.29, 1.82) is 0 Å². The lowest BCUT2D eigenvalue weighted by Crippen LogP contribution is -2.47. The van der Waals surface area contributed by atoms with E-state index in [-0.39, 0.29) is 10.9 Å². The number of aromatic nitrogens is 2. The van der Waals surface area contributed by atoms with E-state index >= 15 is 0 Å². The number of sulfonamides is 1. The number of nitrogens with zero attached hydrogens (tertiary/aromatic N) is 1. The molecule has 0 spiro atoms. The van der Waals surface area contributed by atoms with Gasteiger partial charge < -0.3 is 9.72 Å². The Morgan fingerprint density at radius 2 is 1.95 bits per heavy atom. The molecule has 120 valence electrons. The molecule has 0 bridgehead atoms. The molecule has 0 saturated heterocycles. The van der Waals surface area contributed by atoms with Gasteiger partial charge in [0.05, 0.1) is 6.20 Å². The summed E-state index contributed by atoms with van der Waals surface area (Å²) in [6, 6.07) is -0.960. The van der Waals surface area contributed by atoms with Gasteiger partial charge in [-0.05, 0) is 33.6 Å². The van der Waals surface area contributed by atoms with Crippen LogP contribution in [0.1, 0.15) is 40.4 Å². The van der Waals surface area contributed by atoms with Crippen LogP contribution < -0.4 is 4.72 Å². The average molecular weight is 317 g/mol. The summed E-state index contributed by atoms with van der Waals surface area (Å²) in [7, 11) is -3.85. The molecule has 0 aromatic carbocycles. The number of hydrogen-bond acceptors (Lipinski definition) is 5. The van der Waals surface area contributed by atoms with Crippen molar-refractivity contribution in [3.8, 4) is 0 Å². The highest BCUT2D eigenvalue weighted by Gasteiger charge is 2.32. The molecular weight excluding hydrogens is 294 g/mol. The molecule has 21 heavy (non-hydrogen) atoms. The number of aryl methyl sites for hydroxylation is 1. The Hall–Kier alpha value is -1.41. The fourth-order valence-corrected chi connectivity index (χ4v) is 2.89. The van der Waals surface area contributed by atoms with Gasteiger partial charge >= 0.3 is 5.97 Å². The number of rotatable bonds is 5. The summed E-state index contributed by atoms with van der Waals surface area (Å²) in [5, 5.41) is -0.0748. The van der Waals surface area contributed by atoms with Gasteiger partial charge in [-0.1, -0.05) is 13.8 Å². The predicted octanol–water partition coefficient (Wildman–Crippen LogP) is 1.36. The van der Waals surface area contributed by atoms with Crippen molar-refractivity contribution < 1.29 is 17.9 Å². The predicted molar refractivity (Wildman–Crippen MR) is 78.1 cm³/mol. The fourth-order valence-electron chi connectivity index (χ4n) is 1.59. The fraction of sp³-hybridized carbons (Fsp3) is 0.692. The third-order valence-corrected chi connectivity index (χ3v) is 3.93. The first-order chi connectivity index (χ1) is 9.42. The summed E-state index contributed by atoms with van der Waals surface area (Å²) in [5.74, 6) is -0.371. The maximum Gasteiger partial charge on any atom is 0.324 e. The van der Waals surface area contributed by atoms with Gasteiger partial charge in [0, 0.05) is 0 Å². The molecule has 0 aliphatic carbocycles. The summed E-state index contributed by atoms with van der Waals surface area (Å²) in [6.45, 7) is 10.3. The first-order valence-corrected chi connectivity index (χ1v) is 8.17. The van der Waals surface area contributed by atoms with Crippen molar-refractivity contribution in [2.45, 2.75) is 58.2 Å². The van der Waals surface area contributed by atoms with Crippen molar-refractivity contribution in [3.63, 3.8) is 0 Å². The summed E-state index contributed by atoms with van der Waals surface area (Å²) < 4.78 is 32.1. The SMILES string of the molecule is Cc1ncc(S(=O)(=O)N[C@@H](C(=O)OC(C)(C)C)C(C)C)[nH]1. The van der Waals surface area contributed by atoms with E-state index in [9.17, 15) is 13.2 Å². The molecule has 0 aliphatic rings. The highest BCUT2D eigenvalue weighted by molar-refractivity contribution is 7.89. The second-order valence-electron chi connectivity index (χ2n) is 6.21. The van der Waals surface area contributed by atoms with Gasteiger partial charge in [0.25, 0.3) is 10.0 Å².